The van der Waals surface area contributed by atoms with E-state index in [1.54, 1.807) is 0 Å². The summed E-state index contributed by atoms with van der Waals surface area (Å²) in [6.07, 6.45) is 6.70. The number of benzene rings is 1. The molecule has 0 radical (unpaired) electrons. The lowest BCUT2D eigenvalue weighted by molar-refractivity contribution is 0.0784. The summed E-state index contributed by atoms with van der Waals surface area (Å²) in [5.41, 5.74) is 11.3. The van der Waals surface area contributed by atoms with E-state index < -0.39 is 10.0 Å². The molecule has 0 atom stereocenters. The molecule has 33 heavy (non-hydrogen) atoms. The molecule has 174 valence electrons. The van der Waals surface area contributed by atoms with Crippen LogP contribution in [0.15, 0.2) is 47.3 Å². The topological polar surface area (TPSA) is 100 Å². The lowest BCUT2D eigenvalue weighted by Gasteiger charge is -2.24. The van der Waals surface area contributed by atoms with Crippen LogP contribution in [-0.2, 0) is 11.5 Å². The van der Waals surface area contributed by atoms with Crippen molar-refractivity contribution in [3.63, 3.8) is 0 Å². The zero-order valence-corrected chi connectivity index (χ0v) is 20.5. The van der Waals surface area contributed by atoms with Crippen molar-refractivity contribution < 1.29 is 4.74 Å². The van der Waals surface area contributed by atoms with Crippen LogP contribution < -0.4 is 11.4 Å². The second-order valence-electron chi connectivity index (χ2n) is 8.97. The molecule has 0 amide bonds. The van der Waals surface area contributed by atoms with E-state index in [2.05, 4.69) is 33.8 Å². The van der Waals surface area contributed by atoms with Gasteiger partial charge in [-0.1, -0.05) is 30.3 Å². The predicted octanol–water partition coefficient (Wildman–Crippen LogP) is 3.49. The molecule has 0 fully saturated rings. The fourth-order valence-corrected chi connectivity index (χ4v) is 4.31. The largest absolute Gasteiger partial charge is 0.369 e. The fourth-order valence-electron chi connectivity index (χ4n) is 3.70. The number of aromatic nitrogens is 5. The van der Waals surface area contributed by atoms with Crippen molar-refractivity contribution >= 4 is 21.6 Å². The number of ether oxygens (including phenoxy) is 1. The molecule has 0 unspecified atom stereocenters. The Morgan fingerprint density at radius 1 is 1.00 bits per heavy atom. The molecular weight excluding hydrogens is 436 g/mol. The molecule has 8 nitrogen and oxygen atoms in total. The highest BCUT2D eigenvalue weighted by Crippen LogP contribution is 2.35. The fraction of sp³-hybridized carbons (Fsp3) is 0.333. The van der Waals surface area contributed by atoms with Gasteiger partial charge in [-0.05, 0) is 50.3 Å². The monoisotopic (exact) mass is 466 g/mol. The van der Waals surface area contributed by atoms with Gasteiger partial charge in [0.05, 0.1) is 17.9 Å². The number of nitrogen functional groups attached to an aromatic ring is 1. The van der Waals surface area contributed by atoms with Crippen molar-refractivity contribution in [3.8, 4) is 22.4 Å². The number of hydrogen-bond acceptors (Lipinski definition) is 6. The molecule has 0 aliphatic carbocycles. The van der Waals surface area contributed by atoms with Crippen molar-refractivity contribution in [2.75, 3.05) is 36.9 Å². The summed E-state index contributed by atoms with van der Waals surface area (Å²) in [5.74, 6) is 1.04. The van der Waals surface area contributed by atoms with Crippen LogP contribution in [0, 0.1) is 13.8 Å². The zero-order valence-electron chi connectivity index (χ0n) is 19.7. The molecule has 4 aromatic rings. The molecule has 3 aromatic heterocycles. The summed E-state index contributed by atoms with van der Waals surface area (Å²) >= 11 is 0. The van der Waals surface area contributed by atoms with E-state index in [9.17, 15) is 4.79 Å². The Labute approximate surface area is 194 Å². The Morgan fingerprint density at radius 3 is 2.30 bits per heavy atom. The minimum absolute atomic E-state index is 0.0595. The van der Waals surface area contributed by atoms with Gasteiger partial charge in [0.25, 0.3) is 0 Å². The molecule has 0 bridgehead atoms. The SMILES string of the molecule is Cc1cc(-c2c(-c3ccccc3)nc(N)n3c(=O)n(COCCS(C)(C)C)nc23)cc(C)n1. The van der Waals surface area contributed by atoms with Gasteiger partial charge in [-0.2, -0.15) is 4.68 Å². The molecule has 9 heteroatoms. The van der Waals surface area contributed by atoms with E-state index in [1.807, 2.05) is 56.3 Å². The number of aryl methyl sites for hydroxylation is 2. The maximum atomic E-state index is 13.2. The van der Waals surface area contributed by atoms with Crippen molar-refractivity contribution in [2.45, 2.75) is 20.6 Å². The third-order valence-electron chi connectivity index (χ3n) is 5.23. The van der Waals surface area contributed by atoms with Crippen LogP contribution in [0.1, 0.15) is 11.4 Å². The van der Waals surface area contributed by atoms with E-state index in [-0.39, 0.29) is 18.4 Å². The Kier molecular flexibility index (Phi) is 6.27. The van der Waals surface area contributed by atoms with Gasteiger partial charge in [-0.25, -0.2) is 24.2 Å². The summed E-state index contributed by atoms with van der Waals surface area (Å²) in [4.78, 5) is 22.3. The Morgan fingerprint density at radius 2 is 1.67 bits per heavy atom. The van der Waals surface area contributed by atoms with Gasteiger partial charge in [0.1, 0.15) is 6.73 Å². The van der Waals surface area contributed by atoms with E-state index in [0.717, 1.165) is 33.8 Å². The van der Waals surface area contributed by atoms with Gasteiger partial charge in [0.2, 0.25) is 5.95 Å². The van der Waals surface area contributed by atoms with Crippen molar-refractivity contribution in [1.29, 1.82) is 0 Å². The number of rotatable bonds is 7. The second kappa shape index (κ2) is 8.99. The number of pyridine rings is 1. The summed E-state index contributed by atoms with van der Waals surface area (Å²) in [6, 6.07) is 13.7. The molecule has 0 aliphatic rings. The summed E-state index contributed by atoms with van der Waals surface area (Å²) in [5, 5.41) is 4.64. The smallest absolute Gasteiger partial charge is 0.355 e. The summed E-state index contributed by atoms with van der Waals surface area (Å²) < 4.78 is 8.44. The molecule has 2 N–H and O–H groups in total. The first kappa shape index (κ1) is 23.0. The van der Waals surface area contributed by atoms with Crippen LogP contribution >= 0.6 is 10.0 Å². The van der Waals surface area contributed by atoms with E-state index >= 15 is 0 Å². The van der Waals surface area contributed by atoms with Gasteiger partial charge < -0.3 is 10.5 Å². The highest BCUT2D eigenvalue weighted by atomic mass is 32.3. The van der Waals surface area contributed by atoms with Gasteiger partial charge in [0, 0.05) is 22.7 Å². The molecule has 4 rings (SSSR count). The average Bonchev–Trinajstić information content (AvgIpc) is 3.07. The van der Waals surface area contributed by atoms with Crippen LogP contribution in [0.5, 0.6) is 0 Å². The van der Waals surface area contributed by atoms with E-state index in [4.69, 9.17) is 10.5 Å². The van der Waals surface area contributed by atoms with Crippen molar-refractivity contribution in [2.24, 2.45) is 0 Å². The number of hydrogen-bond donors (Lipinski definition) is 1. The Hall–Kier alpha value is -3.17. The summed E-state index contributed by atoms with van der Waals surface area (Å²) in [6.45, 7) is 4.51. The molecule has 0 saturated heterocycles. The third kappa shape index (κ3) is 4.94. The van der Waals surface area contributed by atoms with Crippen LogP contribution in [0.2, 0.25) is 0 Å². The first-order valence-electron chi connectivity index (χ1n) is 10.7. The maximum absolute atomic E-state index is 13.2. The highest BCUT2D eigenvalue weighted by molar-refractivity contribution is 8.32. The molecule has 3 heterocycles. The Balaban J connectivity index is 1.89. The molecule has 0 saturated carbocycles. The minimum atomic E-state index is -0.681. The van der Waals surface area contributed by atoms with Crippen molar-refractivity contribution in [3.05, 3.63) is 64.3 Å². The zero-order chi connectivity index (χ0) is 23.8. The van der Waals surface area contributed by atoms with Crippen LogP contribution in [0.25, 0.3) is 28.0 Å². The molecular formula is C24H30N6O2S. The third-order valence-corrected chi connectivity index (χ3v) is 6.62. The van der Waals surface area contributed by atoms with Gasteiger partial charge >= 0.3 is 5.69 Å². The average molecular weight is 467 g/mol. The highest BCUT2D eigenvalue weighted by Gasteiger charge is 2.22. The molecule has 0 spiro atoms. The number of anilines is 1. The van der Waals surface area contributed by atoms with Crippen LogP contribution in [-0.4, -0.2) is 55.3 Å². The minimum Gasteiger partial charge on any atom is -0.369 e. The lowest BCUT2D eigenvalue weighted by Crippen LogP contribution is -2.25. The van der Waals surface area contributed by atoms with Gasteiger partial charge in [-0.15, -0.1) is 5.10 Å². The number of nitrogens with zero attached hydrogens (tertiary/aromatic N) is 5. The van der Waals surface area contributed by atoms with Gasteiger partial charge in [-0.3, -0.25) is 4.98 Å². The van der Waals surface area contributed by atoms with Crippen LogP contribution in [0.4, 0.5) is 5.95 Å². The van der Waals surface area contributed by atoms with Crippen molar-refractivity contribution in [1.82, 2.24) is 24.1 Å². The van der Waals surface area contributed by atoms with Gasteiger partial charge in [0.15, 0.2) is 5.65 Å². The second-order valence-corrected chi connectivity index (χ2v) is 13.6. The first-order valence-corrected chi connectivity index (χ1v) is 13.7. The van der Waals surface area contributed by atoms with E-state index in [1.165, 1.54) is 9.08 Å². The Bertz CT molecular complexity index is 1340. The quantitative estimate of drug-likeness (QED) is 0.419. The normalized spacial score (nSPS) is 12.4. The first-order chi connectivity index (χ1) is 15.6. The number of nitrogens with two attached hydrogens (primary N) is 1. The number of fused-ring (bicyclic) bond motifs is 1. The predicted molar refractivity (Wildman–Crippen MR) is 136 cm³/mol. The standard InChI is InChI=1S/C24H30N6O2S/c1-16-13-19(14-17(2)26-16)20-21(18-9-7-6-8-10-18)27-23(25)30-22(20)28-29(24(30)31)15-32-11-12-33(3,4)5/h6-10,13-14H,11-12,15H2,1-5H3,(H2,25,27). The summed E-state index contributed by atoms with van der Waals surface area (Å²) in [7, 11) is -0.681. The lowest BCUT2D eigenvalue weighted by atomic mass is 9.99. The molecule has 0 aliphatic heterocycles. The van der Waals surface area contributed by atoms with E-state index in [0.29, 0.717) is 17.9 Å². The maximum Gasteiger partial charge on any atom is 0.355 e. The molecule has 1 aromatic carbocycles. The van der Waals surface area contributed by atoms with Crippen LogP contribution in [0.3, 0.4) is 0 Å².